The summed E-state index contributed by atoms with van der Waals surface area (Å²) in [5.74, 6) is 0.0666. The second-order valence-electron chi connectivity index (χ2n) is 7.56. The number of para-hydroxylation sites is 1. The monoisotopic (exact) mass is 422 g/mol. The Hall–Kier alpha value is -2.80. The van der Waals surface area contributed by atoms with Crippen LogP contribution in [0.2, 0.25) is 0 Å². The first kappa shape index (κ1) is 20.5. The zero-order valence-electron chi connectivity index (χ0n) is 17.1. The van der Waals surface area contributed by atoms with Gasteiger partial charge in [-0.2, -0.15) is 0 Å². The molecule has 2 aromatic carbocycles. The number of amides is 1. The van der Waals surface area contributed by atoms with Gasteiger partial charge in [-0.05, 0) is 49.2 Å². The standard InChI is InChI=1S/C23H26N4O2S/c1-26-22(29)19-8-4-5-9-20(19)25-23(26)30-16-21(28)24-17-10-12-18(13-11-17)27-14-6-2-3-7-15-27/h4-5,8-13H,2-3,6-7,14-16H2,1H3,(H,24,28). The number of carbonyl (C=O) groups excluding carboxylic acids is 1. The van der Waals surface area contributed by atoms with Gasteiger partial charge in [0, 0.05) is 31.5 Å². The fourth-order valence-corrected chi connectivity index (χ4v) is 4.51. The Morgan fingerprint density at radius 1 is 1.03 bits per heavy atom. The molecule has 0 atom stereocenters. The fraction of sp³-hybridized carbons (Fsp3) is 0.348. The Kier molecular flexibility index (Phi) is 6.38. The summed E-state index contributed by atoms with van der Waals surface area (Å²) >= 11 is 1.26. The average Bonchev–Trinajstić information content (AvgIpc) is 3.05. The Labute approximate surface area is 180 Å². The minimum atomic E-state index is -0.120. The maximum atomic E-state index is 12.5. The molecule has 0 spiro atoms. The number of carbonyl (C=O) groups is 1. The number of thioether (sulfide) groups is 1. The molecule has 0 saturated carbocycles. The van der Waals surface area contributed by atoms with Crippen molar-refractivity contribution in [3.05, 3.63) is 58.9 Å². The summed E-state index contributed by atoms with van der Waals surface area (Å²) in [5, 5.41) is 4.05. The summed E-state index contributed by atoms with van der Waals surface area (Å²) in [5.41, 5.74) is 2.53. The van der Waals surface area contributed by atoms with Gasteiger partial charge in [0.05, 0.1) is 16.7 Å². The number of nitrogens with one attached hydrogen (secondary N) is 1. The van der Waals surface area contributed by atoms with Gasteiger partial charge in [0.1, 0.15) is 0 Å². The van der Waals surface area contributed by atoms with Gasteiger partial charge >= 0.3 is 0 Å². The van der Waals surface area contributed by atoms with E-state index in [0.29, 0.717) is 16.1 Å². The smallest absolute Gasteiger partial charge is 0.261 e. The topological polar surface area (TPSA) is 67.2 Å². The molecule has 1 amide bonds. The molecule has 1 fully saturated rings. The maximum Gasteiger partial charge on any atom is 0.261 e. The third-order valence-electron chi connectivity index (χ3n) is 5.40. The normalized spacial score (nSPS) is 14.5. The van der Waals surface area contributed by atoms with E-state index in [1.807, 2.05) is 30.3 Å². The molecule has 7 heteroatoms. The highest BCUT2D eigenvalue weighted by atomic mass is 32.2. The molecular formula is C23H26N4O2S. The zero-order chi connectivity index (χ0) is 20.9. The molecule has 3 aromatic rings. The van der Waals surface area contributed by atoms with Crippen LogP contribution < -0.4 is 15.8 Å². The van der Waals surface area contributed by atoms with Crippen molar-refractivity contribution in [1.29, 1.82) is 0 Å². The van der Waals surface area contributed by atoms with E-state index in [9.17, 15) is 9.59 Å². The molecule has 0 unspecified atom stereocenters. The van der Waals surface area contributed by atoms with Crippen molar-refractivity contribution in [1.82, 2.24) is 9.55 Å². The number of hydrogen-bond donors (Lipinski definition) is 1. The molecule has 6 nitrogen and oxygen atoms in total. The molecule has 30 heavy (non-hydrogen) atoms. The van der Waals surface area contributed by atoms with Crippen LogP contribution in [0, 0.1) is 0 Å². The quantitative estimate of drug-likeness (QED) is 0.496. The van der Waals surface area contributed by atoms with E-state index in [1.54, 1.807) is 13.1 Å². The summed E-state index contributed by atoms with van der Waals surface area (Å²) in [6.07, 6.45) is 5.09. The molecule has 1 saturated heterocycles. The molecule has 4 rings (SSSR count). The van der Waals surface area contributed by atoms with E-state index in [-0.39, 0.29) is 17.2 Å². The first-order valence-corrected chi connectivity index (χ1v) is 11.3. The number of nitrogens with zero attached hydrogens (tertiary/aromatic N) is 3. The van der Waals surface area contributed by atoms with Crippen molar-refractivity contribution in [2.24, 2.45) is 7.05 Å². The van der Waals surface area contributed by atoms with Crippen LogP contribution in [0.25, 0.3) is 10.9 Å². The van der Waals surface area contributed by atoms with E-state index in [2.05, 4.69) is 27.3 Å². The Morgan fingerprint density at radius 2 is 1.73 bits per heavy atom. The molecule has 0 aliphatic carbocycles. The molecular weight excluding hydrogens is 396 g/mol. The Morgan fingerprint density at radius 3 is 2.47 bits per heavy atom. The van der Waals surface area contributed by atoms with Gasteiger partial charge in [-0.15, -0.1) is 0 Å². The lowest BCUT2D eigenvalue weighted by atomic mass is 10.2. The van der Waals surface area contributed by atoms with Crippen molar-refractivity contribution in [2.45, 2.75) is 30.8 Å². The van der Waals surface area contributed by atoms with Crippen LogP contribution in [0.3, 0.4) is 0 Å². The molecule has 156 valence electrons. The van der Waals surface area contributed by atoms with Crippen LogP contribution in [-0.4, -0.2) is 34.3 Å². The predicted octanol–water partition coefficient (Wildman–Crippen LogP) is 4.04. The zero-order valence-corrected chi connectivity index (χ0v) is 18.0. The molecule has 1 aliphatic heterocycles. The lowest BCUT2D eigenvalue weighted by molar-refractivity contribution is -0.113. The number of fused-ring (bicyclic) bond motifs is 1. The number of aromatic nitrogens is 2. The van der Waals surface area contributed by atoms with E-state index in [4.69, 9.17) is 0 Å². The van der Waals surface area contributed by atoms with E-state index >= 15 is 0 Å². The molecule has 1 aromatic heterocycles. The maximum absolute atomic E-state index is 12.5. The fourth-order valence-electron chi connectivity index (χ4n) is 3.74. The van der Waals surface area contributed by atoms with Crippen molar-refractivity contribution in [3.63, 3.8) is 0 Å². The minimum Gasteiger partial charge on any atom is -0.372 e. The van der Waals surface area contributed by atoms with Crippen LogP contribution in [0.15, 0.2) is 58.5 Å². The summed E-state index contributed by atoms with van der Waals surface area (Å²) in [6, 6.07) is 15.3. The van der Waals surface area contributed by atoms with E-state index < -0.39 is 0 Å². The van der Waals surface area contributed by atoms with Crippen molar-refractivity contribution in [3.8, 4) is 0 Å². The van der Waals surface area contributed by atoms with Gasteiger partial charge in [-0.1, -0.05) is 36.7 Å². The number of rotatable bonds is 5. The molecule has 1 aliphatic rings. The van der Waals surface area contributed by atoms with Crippen LogP contribution in [0.5, 0.6) is 0 Å². The van der Waals surface area contributed by atoms with Crippen molar-refractivity contribution < 1.29 is 4.79 Å². The van der Waals surface area contributed by atoms with Crippen LogP contribution >= 0.6 is 11.8 Å². The number of benzene rings is 2. The largest absolute Gasteiger partial charge is 0.372 e. The van der Waals surface area contributed by atoms with Crippen LogP contribution in [-0.2, 0) is 11.8 Å². The van der Waals surface area contributed by atoms with Gasteiger partial charge < -0.3 is 10.2 Å². The van der Waals surface area contributed by atoms with E-state index in [1.165, 1.54) is 47.7 Å². The second kappa shape index (κ2) is 9.34. The first-order chi connectivity index (χ1) is 14.6. The molecule has 0 bridgehead atoms. The van der Waals surface area contributed by atoms with Gasteiger partial charge in [0.2, 0.25) is 5.91 Å². The van der Waals surface area contributed by atoms with Gasteiger partial charge in [0.15, 0.2) is 5.16 Å². The Balaban J connectivity index is 1.37. The Bertz CT molecular complexity index is 1090. The third-order valence-corrected chi connectivity index (χ3v) is 6.43. The number of anilines is 2. The van der Waals surface area contributed by atoms with Crippen LogP contribution in [0.1, 0.15) is 25.7 Å². The molecule has 2 heterocycles. The SMILES string of the molecule is Cn1c(SCC(=O)Nc2ccc(N3CCCCCC3)cc2)nc2ccccc2c1=O. The summed E-state index contributed by atoms with van der Waals surface area (Å²) < 4.78 is 1.50. The average molecular weight is 423 g/mol. The summed E-state index contributed by atoms with van der Waals surface area (Å²) in [6.45, 7) is 2.19. The third kappa shape index (κ3) is 4.67. The van der Waals surface area contributed by atoms with E-state index in [0.717, 1.165) is 18.8 Å². The highest BCUT2D eigenvalue weighted by molar-refractivity contribution is 7.99. The highest BCUT2D eigenvalue weighted by Crippen LogP contribution is 2.22. The molecule has 0 radical (unpaired) electrons. The van der Waals surface area contributed by atoms with Crippen LogP contribution in [0.4, 0.5) is 11.4 Å². The number of hydrogen-bond acceptors (Lipinski definition) is 5. The summed E-state index contributed by atoms with van der Waals surface area (Å²) in [4.78, 5) is 31.8. The predicted molar refractivity (Wildman–Crippen MR) is 123 cm³/mol. The van der Waals surface area contributed by atoms with Gasteiger partial charge in [-0.25, -0.2) is 4.98 Å². The van der Waals surface area contributed by atoms with Gasteiger partial charge in [-0.3, -0.25) is 14.2 Å². The first-order valence-electron chi connectivity index (χ1n) is 10.4. The lowest BCUT2D eigenvalue weighted by Crippen LogP contribution is -2.23. The second-order valence-corrected chi connectivity index (χ2v) is 8.50. The summed E-state index contributed by atoms with van der Waals surface area (Å²) in [7, 11) is 1.68. The van der Waals surface area contributed by atoms with Crippen molar-refractivity contribution >= 4 is 39.9 Å². The highest BCUT2D eigenvalue weighted by Gasteiger charge is 2.12. The lowest BCUT2D eigenvalue weighted by Gasteiger charge is -2.22. The minimum absolute atomic E-state index is 0.104. The molecule has 1 N–H and O–H groups in total. The van der Waals surface area contributed by atoms with Crippen molar-refractivity contribution in [2.75, 3.05) is 29.1 Å². The van der Waals surface area contributed by atoms with Gasteiger partial charge in [0.25, 0.3) is 5.56 Å².